The van der Waals surface area contributed by atoms with E-state index in [0.717, 1.165) is 70.0 Å². The summed E-state index contributed by atoms with van der Waals surface area (Å²) in [6.07, 6.45) is 3.00. The molecule has 1 amide bonds. The average Bonchev–Trinajstić information content (AvgIpc) is 3.35. The van der Waals surface area contributed by atoms with Crippen LogP contribution in [-0.2, 0) is 19.5 Å². The second-order valence-electron chi connectivity index (χ2n) is 9.37. The molecule has 0 radical (unpaired) electrons. The van der Waals surface area contributed by atoms with Gasteiger partial charge in [-0.15, -0.1) is 0 Å². The molecule has 0 fully saturated rings. The van der Waals surface area contributed by atoms with E-state index in [1.165, 1.54) is 5.56 Å². The van der Waals surface area contributed by atoms with Crippen LogP contribution in [-0.4, -0.2) is 27.2 Å². The fourth-order valence-electron chi connectivity index (χ4n) is 5.17. The molecule has 0 spiro atoms. The molecule has 7 nitrogen and oxygen atoms in total. The minimum absolute atomic E-state index is 0.171. The summed E-state index contributed by atoms with van der Waals surface area (Å²) in [5.74, 6) is 1.54. The van der Waals surface area contributed by atoms with Crippen molar-refractivity contribution in [2.24, 2.45) is 0 Å². The second-order valence-corrected chi connectivity index (χ2v) is 10.3. The van der Waals surface area contributed by atoms with E-state index in [9.17, 15) is 4.79 Å². The third-order valence-corrected chi connectivity index (χ3v) is 7.51. The number of hydrogen-bond acceptors (Lipinski definition) is 4. The molecule has 3 heterocycles. The third-order valence-electron chi connectivity index (χ3n) is 6.98. The number of para-hydroxylation sites is 1. The summed E-state index contributed by atoms with van der Waals surface area (Å²) >= 11 is 3.55. The first-order valence-electron chi connectivity index (χ1n) is 12.8. The molecule has 1 aliphatic rings. The molecule has 2 N–H and O–H groups in total. The van der Waals surface area contributed by atoms with Gasteiger partial charge >= 0.3 is 0 Å². The minimum atomic E-state index is -0.171. The maximum atomic E-state index is 13.9. The molecule has 1 aliphatic heterocycles. The van der Waals surface area contributed by atoms with E-state index in [0.29, 0.717) is 12.2 Å². The molecular formula is C30H28BrN5O2. The molecule has 2 aromatic heterocycles. The molecule has 5 aromatic rings. The number of rotatable bonds is 7. The number of hydrogen-bond donors (Lipinski definition) is 2. The number of benzene rings is 3. The lowest BCUT2D eigenvalue weighted by atomic mass is 9.98. The molecule has 38 heavy (non-hydrogen) atoms. The highest BCUT2D eigenvalue weighted by atomic mass is 79.9. The topological polar surface area (TPSA) is 72.6 Å². The largest absolute Gasteiger partial charge is 0.497 e. The van der Waals surface area contributed by atoms with E-state index in [2.05, 4.69) is 43.3 Å². The van der Waals surface area contributed by atoms with Gasteiger partial charge in [0, 0.05) is 33.5 Å². The average molecular weight is 570 g/mol. The quantitative estimate of drug-likeness (QED) is 0.227. The van der Waals surface area contributed by atoms with Crippen molar-refractivity contribution in [3.8, 4) is 16.9 Å². The van der Waals surface area contributed by atoms with Crippen LogP contribution >= 0.6 is 15.9 Å². The lowest BCUT2D eigenvalue weighted by Gasteiger charge is -2.10. The van der Waals surface area contributed by atoms with Gasteiger partial charge in [-0.05, 0) is 73.4 Å². The number of ether oxygens (including phenoxy) is 1. The van der Waals surface area contributed by atoms with E-state index < -0.39 is 0 Å². The summed E-state index contributed by atoms with van der Waals surface area (Å²) < 4.78 is 10.4. The Balaban J connectivity index is 1.46. The van der Waals surface area contributed by atoms with E-state index in [1.54, 1.807) is 7.11 Å². The van der Waals surface area contributed by atoms with Crippen LogP contribution in [0.25, 0.3) is 16.8 Å². The van der Waals surface area contributed by atoms with Gasteiger partial charge in [-0.3, -0.25) is 4.79 Å². The number of anilines is 2. The van der Waals surface area contributed by atoms with Gasteiger partial charge in [0.2, 0.25) is 0 Å². The predicted octanol–water partition coefficient (Wildman–Crippen LogP) is 6.77. The van der Waals surface area contributed by atoms with Crippen molar-refractivity contribution in [1.29, 1.82) is 0 Å². The predicted molar refractivity (Wildman–Crippen MR) is 154 cm³/mol. The van der Waals surface area contributed by atoms with Gasteiger partial charge in [0.15, 0.2) is 5.82 Å². The first kappa shape index (κ1) is 24.3. The Morgan fingerprint density at radius 3 is 2.47 bits per heavy atom. The summed E-state index contributed by atoms with van der Waals surface area (Å²) in [6.45, 7) is 1.40. The number of amides is 1. The van der Waals surface area contributed by atoms with Crippen molar-refractivity contribution in [3.63, 3.8) is 0 Å². The summed E-state index contributed by atoms with van der Waals surface area (Å²) in [6, 6.07) is 25.6. The zero-order chi connectivity index (χ0) is 26.1. The monoisotopic (exact) mass is 569 g/mol. The number of aryl methyl sites for hydroxylation is 2. The standard InChI is InChI=1S/C30H28BrN5O2/c1-38-24-16-14-22(15-17-24)32-19-26-34-36-28(29(37)33-23-7-3-2-4-8-23)27(20-10-12-21(31)13-11-20)25-9-5-6-18-35(26)30(25)36/h2-4,7-8,10-17,32H,5-6,9,18-19H2,1H3,(H,33,37). The number of methoxy groups -OCH3 is 1. The summed E-state index contributed by atoms with van der Waals surface area (Å²) in [7, 11) is 1.66. The van der Waals surface area contributed by atoms with Crippen molar-refractivity contribution < 1.29 is 9.53 Å². The number of carbonyl (C=O) groups is 1. The van der Waals surface area contributed by atoms with Crippen LogP contribution in [0.5, 0.6) is 5.75 Å². The van der Waals surface area contributed by atoms with E-state index in [-0.39, 0.29) is 5.91 Å². The van der Waals surface area contributed by atoms with Gasteiger partial charge in [-0.1, -0.05) is 46.3 Å². The molecule has 0 saturated heterocycles. The van der Waals surface area contributed by atoms with Crippen LogP contribution in [0.2, 0.25) is 0 Å². The number of carbonyl (C=O) groups excluding carboxylic acids is 1. The van der Waals surface area contributed by atoms with Gasteiger partial charge in [-0.25, -0.2) is 4.52 Å². The Morgan fingerprint density at radius 2 is 1.74 bits per heavy atom. The fraction of sp³-hybridized carbons (Fsp3) is 0.200. The number of nitrogens with one attached hydrogen (secondary N) is 2. The zero-order valence-electron chi connectivity index (χ0n) is 21.1. The number of nitrogens with zero attached hydrogens (tertiary/aromatic N) is 3. The molecule has 8 heteroatoms. The number of aromatic nitrogens is 3. The highest BCUT2D eigenvalue weighted by Crippen LogP contribution is 2.37. The smallest absolute Gasteiger partial charge is 0.275 e. The van der Waals surface area contributed by atoms with Gasteiger partial charge in [0.05, 0.1) is 13.7 Å². The molecule has 0 saturated carbocycles. The molecule has 0 atom stereocenters. The molecular weight excluding hydrogens is 542 g/mol. The van der Waals surface area contributed by atoms with Crippen molar-refractivity contribution in [2.45, 2.75) is 32.4 Å². The Kier molecular flexibility index (Phi) is 6.64. The van der Waals surface area contributed by atoms with Crippen LogP contribution in [0.3, 0.4) is 0 Å². The van der Waals surface area contributed by atoms with E-state index in [4.69, 9.17) is 9.84 Å². The minimum Gasteiger partial charge on any atom is -0.497 e. The van der Waals surface area contributed by atoms with Crippen molar-refractivity contribution in [1.82, 2.24) is 14.2 Å². The Labute approximate surface area is 229 Å². The maximum absolute atomic E-state index is 13.9. The Bertz CT molecular complexity index is 1590. The first-order chi connectivity index (χ1) is 18.6. The highest BCUT2D eigenvalue weighted by Gasteiger charge is 2.30. The Hall–Kier alpha value is -4.04. The van der Waals surface area contributed by atoms with Gasteiger partial charge < -0.3 is 19.9 Å². The Morgan fingerprint density at radius 1 is 0.974 bits per heavy atom. The molecule has 6 rings (SSSR count). The SMILES string of the molecule is COc1ccc(NCc2nn3c(C(=O)Nc4ccccc4)c(-c4ccc(Br)cc4)c4c3n2CCCC4)cc1. The van der Waals surface area contributed by atoms with Crippen LogP contribution in [0.1, 0.15) is 34.7 Å². The van der Waals surface area contributed by atoms with Crippen LogP contribution in [0.4, 0.5) is 11.4 Å². The zero-order valence-corrected chi connectivity index (χ0v) is 22.7. The van der Waals surface area contributed by atoms with Crippen LogP contribution in [0.15, 0.2) is 83.3 Å². The fourth-order valence-corrected chi connectivity index (χ4v) is 5.44. The first-order valence-corrected chi connectivity index (χ1v) is 13.5. The van der Waals surface area contributed by atoms with Gasteiger partial charge in [0.1, 0.15) is 17.1 Å². The van der Waals surface area contributed by atoms with Crippen molar-refractivity contribution in [2.75, 3.05) is 17.7 Å². The summed E-state index contributed by atoms with van der Waals surface area (Å²) in [5, 5.41) is 11.6. The molecule has 0 bridgehead atoms. The molecule has 192 valence electrons. The summed E-state index contributed by atoms with van der Waals surface area (Å²) in [5.41, 5.74) is 6.45. The summed E-state index contributed by atoms with van der Waals surface area (Å²) in [4.78, 5) is 13.9. The lowest BCUT2D eigenvalue weighted by Crippen LogP contribution is -2.16. The molecule has 3 aromatic carbocycles. The van der Waals surface area contributed by atoms with E-state index in [1.807, 2.05) is 71.2 Å². The van der Waals surface area contributed by atoms with E-state index >= 15 is 0 Å². The second kappa shape index (κ2) is 10.4. The highest BCUT2D eigenvalue weighted by molar-refractivity contribution is 9.10. The maximum Gasteiger partial charge on any atom is 0.275 e. The normalized spacial score (nSPS) is 12.8. The van der Waals surface area contributed by atoms with Crippen LogP contribution in [0, 0.1) is 0 Å². The van der Waals surface area contributed by atoms with Crippen molar-refractivity contribution in [3.05, 3.63) is 100 Å². The molecule has 0 unspecified atom stereocenters. The number of halogens is 1. The van der Waals surface area contributed by atoms with Crippen LogP contribution < -0.4 is 15.4 Å². The van der Waals surface area contributed by atoms with Crippen molar-refractivity contribution >= 4 is 38.9 Å². The molecule has 0 aliphatic carbocycles. The van der Waals surface area contributed by atoms with Gasteiger partial charge in [0.25, 0.3) is 5.91 Å². The third kappa shape index (κ3) is 4.56. The lowest BCUT2D eigenvalue weighted by molar-refractivity contribution is 0.102. The van der Waals surface area contributed by atoms with Gasteiger partial charge in [-0.2, -0.15) is 5.10 Å².